The molecule has 4 N–H and O–H groups in total. The van der Waals surface area contributed by atoms with Gasteiger partial charge in [0.25, 0.3) is 5.91 Å². The number of pyridine rings is 1. The Labute approximate surface area is 130 Å². The number of carbonyl (C=O) groups excluding carboxylic acids is 2. The number of aryl methyl sites for hydroxylation is 1. The highest BCUT2D eigenvalue weighted by Crippen LogP contribution is 2.19. The molecule has 0 unspecified atom stereocenters. The lowest BCUT2D eigenvalue weighted by Gasteiger charge is -2.29. The molecule has 2 amide bonds. The minimum Gasteiger partial charge on any atom is -0.353 e. The monoisotopic (exact) mass is 304 g/mol. The lowest BCUT2D eigenvalue weighted by Crippen LogP contribution is -2.44. The van der Waals surface area contributed by atoms with Crippen LogP contribution in [0.25, 0.3) is 0 Å². The van der Waals surface area contributed by atoms with Crippen molar-refractivity contribution >= 4 is 11.8 Å². The molecule has 1 saturated carbocycles. The number of nitrogens with one attached hydrogen (secondary N) is 2. The van der Waals surface area contributed by atoms with E-state index in [1.54, 1.807) is 18.3 Å². The summed E-state index contributed by atoms with van der Waals surface area (Å²) in [5, 5.41) is 6.05. The zero-order valence-electron chi connectivity index (χ0n) is 13.0. The van der Waals surface area contributed by atoms with Crippen LogP contribution in [0.15, 0.2) is 18.3 Å². The molecule has 0 atom stereocenters. The number of amides is 2. The Hall–Kier alpha value is -1.95. The molecule has 120 valence electrons. The second kappa shape index (κ2) is 7.89. The minimum atomic E-state index is -0.0545. The Balaban J connectivity index is 1.77. The molecule has 1 fully saturated rings. The van der Waals surface area contributed by atoms with E-state index in [4.69, 9.17) is 5.73 Å². The van der Waals surface area contributed by atoms with E-state index in [1.165, 1.54) is 0 Å². The first-order valence-electron chi connectivity index (χ1n) is 7.81. The van der Waals surface area contributed by atoms with Gasteiger partial charge in [0, 0.05) is 42.5 Å². The fourth-order valence-corrected chi connectivity index (χ4v) is 2.77. The fraction of sp³-hybridized carbons (Fsp3) is 0.562. The van der Waals surface area contributed by atoms with Gasteiger partial charge in [-0.25, -0.2) is 0 Å². The molecule has 0 saturated heterocycles. The molecule has 0 aliphatic heterocycles. The number of aromatic nitrogens is 1. The Kier molecular flexibility index (Phi) is 5.89. The molecule has 0 spiro atoms. The fourth-order valence-electron chi connectivity index (χ4n) is 2.77. The predicted molar refractivity (Wildman–Crippen MR) is 84.3 cm³/mol. The SMILES string of the molecule is Cc1cc(C(=O)N[C@H]2CC[C@H](NC(=O)CCN)CC2)ccn1. The minimum absolute atomic E-state index is 0.0160. The van der Waals surface area contributed by atoms with Gasteiger partial charge in [-0.3, -0.25) is 14.6 Å². The van der Waals surface area contributed by atoms with Gasteiger partial charge in [-0.2, -0.15) is 0 Å². The van der Waals surface area contributed by atoms with Gasteiger partial charge in [0.05, 0.1) is 0 Å². The van der Waals surface area contributed by atoms with E-state index < -0.39 is 0 Å². The first-order valence-corrected chi connectivity index (χ1v) is 7.81. The number of hydrogen-bond donors (Lipinski definition) is 3. The van der Waals surface area contributed by atoms with Gasteiger partial charge in [0.15, 0.2) is 0 Å². The molecule has 0 radical (unpaired) electrons. The van der Waals surface area contributed by atoms with Crippen LogP contribution in [0.4, 0.5) is 0 Å². The number of nitrogens with two attached hydrogens (primary N) is 1. The summed E-state index contributed by atoms with van der Waals surface area (Å²) in [4.78, 5) is 27.8. The summed E-state index contributed by atoms with van der Waals surface area (Å²) >= 11 is 0. The smallest absolute Gasteiger partial charge is 0.251 e. The van der Waals surface area contributed by atoms with Gasteiger partial charge in [0.2, 0.25) is 5.91 Å². The summed E-state index contributed by atoms with van der Waals surface area (Å²) < 4.78 is 0. The van der Waals surface area contributed by atoms with Gasteiger partial charge < -0.3 is 16.4 Å². The number of carbonyl (C=O) groups is 2. The predicted octanol–water partition coefficient (Wildman–Crippen LogP) is 0.896. The Bertz CT molecular complexity index is 525. The van der Waals surface area contributed by atoms with Crippen LogP contribution in [0.2, 0.25) is 0 Å². The van der Waals surface area contributed by atoms with Crippen LogP contribution in [0, 0.1) is 6.92 Å². The normalized spacial score (nSPS) is 21.2. The van der Waals surface area contributed by atoms with Crippen molar-refractivity contribution in [3.8, 4) is 0 Å². The molecule has 22 heavy (non-hydrogen) atoms. The Morgan fingerprint density at radius 2 is 1.86 bits per heavy atom. The van der Waals surface area contributed by atoms with Crippen molar-refractivity contribution in [1.82, 2.24) is 15.6 Å². The largest absolute Gasteiger partial charge is 0.353 e. The zero-order valence-corrected chi connectivity index (χ0v) is 13.0. The second-order valence-corrected chi connectivity index (χ2v) is 5.81. The molecule has 1 heterocycles. The molecule has 6 nitrogen and oxygen atoms in total. The van der Waals surface area contributed by atoms with Crippen molar-refractivity contribution in [2.75, 3.05) is 6.54 Å². The van der Waals surface area contributed by atoms with Gasteiger partial charge in [0.1, 0.15) is 0 Å². The van der Waals surface area contributed by atoms with Gasteiger partial charge >= 0.3 is 0 Å². The molecule has 6 heteroatoms. The number of hydrogen-bond acceptors (Lipinski definition) is 4. The van der Waals surface area contributed by atoms with E-state index in [0.29, 0.717) is 18.5 Å². The summed E-state index contributed by atoms with van der Waals surface area (Å²) in [6.07, 6.45) is 5.55. The van der Waals surface area contributed by atoms with Crippen LogP contribution in [0.3, 0.4) is 0 Å². The number of nitrogens with zero attached hydrogens (tertiary/aromatic N) is 1. The summed E-state index contributed by atoms with van der Waals surface area (Å²) in [5.41, 5.74) is 6.84. The van der Waals surface area contributed by atoms with Crippen molar-refractivity contribution in [3.63, 3.8) is 0 Å². The molecule has 1 aliphatic rings. The average Bonchev–Trinajstić information content (AvgIpc) is 2.49. The second-order valence-electron chi connectivity index (χ2n) is 5.81. The molecule has 0 aromatic carbocycles. The van der Waals surface area contributed by atoms with Gasteiger partial charge in [-0.1, -0.05) is 0 Å². The van der Waals surface area contributed by atoms with Crippen molar-refractivity contribution in [3.05, 3.63) is 29.6 Å². The van der Waals surface area contributed by atoms with E-state index >= 15 is 0 Å². The standard InChI is InChI=1S/C16H24N4O2/c1-11-10-12(7-9-18-11)16(22)20-14-4-2-13(3-5-14)19-15(21)6-8-17/h7,9-10,13-14H,2-6,8,17H2,1H3,(H,19,21)(H,20,22)/t13-,14-. The van der Waals surface area contributed by atoms with Crippen molar-refractivity contribution in [2.24, 2.45) is 5.73 Å². The van der Waals surface area contributed by atoms with Gasteiger partial charge in [-0.15, -0.1) is 0 Å². The maximum absolute atomic E-state index is 12.2. The maximum Gasteiger partial charge on any atom is 0.251 e. The summed E-state index contributed by atoms with van der Waals surface area (Å²) in [6, 6.07) is 3.88. The lowest BCUT2D eigenvalue weighted by atomic mass is 9.91. The summed E-state index contributed by atoms with van der Waals surface area (Å²) in [6.45, 7) is 2.24. The maximum atomic E-state index is 12.2. The highest BCUT2D eigenvalue weighted by atomic mass is 16.2. The molecular formula is C16H24N4O2. The third-order valence-electron chi connectivity index (χ3n) is 3.96. The third kappa shape index (κ3) is 4.80. The molecule has 2 rings (SSSR count). The molecule has 1 aromatic heterocycles. The van der Waals surface area contributed by atoms with Crippen LogP contribution in [0.1, 0.15) is 48.2 Å². The van der Waals surface area contributed by atoms with Gasteiger partial charge in [-0.05, 0) is 44.7 Å². The van der Waals surface area contributed by atoms with Crippen molar-refractivity contribution in [2.45, 2.75) is 51.1 Å². The Morgan fingerprint density at radius 3 is 2.45 bits per heavy atom. The highest BCUT2D eigenvalue weighted by Gasteiger charge is 2.23. The quantitative estimate of drug-likeness (QED) is 0.753. The first-order chi connectivity index (χ1) is 10.6. The van der Waals surface area contributed by atoms with E-state index in [1.807, 2.05) is 6.92 Å². The van der Waals surface area contributed by atoms with Crippen LogP contribution >= 0.6 is 0 Å². The van der Waals surface area contributed by atoms with E-state index in [0.717, 1.165) is 31.4 Å². The topological polar surface area (TPSA) is 97.1 Å². The van der Waals surface area contributed by atoms with Crippen molar-refractivity contribution in [1.29, 1.82) is 0 Å². The number of rotatable bonds is 5. The average molecular weight is 304 g/mol. The van der Waals surface area contributed by atoms with Crippen LogP contribution < -0.4 is 16.4 Å². The summed E-state index contributed by atoms with van der Waals surface area (Å²) in [5.74, 6) is -0.0386. The van der Waals surface area contributed by atoms with E-state index in [-0.39, 0.29) is 23.9 Å². The van der Waals surface area contributed by atoms with Crippen LogP contribution in [0.5, 0.6) is 0 Å². The first kappa shape index (κ1) is 16.4. The lowest BCUT2D eigenvalue weighted by molar-refractivity contribution is -0.121. The third-order valence-corrected chi connectivity index (χ3v) is 3.96. The van der Waals surface area contributed by atoms with E-state index in [2.05, 4.69) is 15.6 Å². The molecular weight excluding hydrogens is 280 g/mol. The molecule has 1 aliphatic carbocycles. The Morgan fingerprint density at radius 1 is 1.23 bits per heavy atom. The zero-order chi connectivity index (χ0) is 15.9. The molecule has 0 bridgehead atoms. The summed E-state index contributed by atoms with van der Waals surface area (Å²) in [7, 11) is 0. The highest BCUT2D eigenvalue weighted by molar-refractivity contribution is 5.94. The van der Waals surface area contributed by atoms with Crippen LogP contribution in [-0.2, 0) is 4.79 Å². The van der Waals surface area contributed by atoms with Crippen molar-refractivity contribution < 1.29 is 9.59 Å². The molecule has 1 aromatic rings. The van der Waals surface area contributed by atoms with Crippen LogP contribution in [-0.4, -0.2) is 35.4 Å². The van der Waals surface area contributed by atoms with E-state index in [9.17, 15) is 9.59 Å².